The van der Waals surface area contributed by atoms with Gasteiger partial charge in [-0.1, -0.05) is 35.0 Å². The summed E-state index contributed by atoms with van der Waals surface area (Å²) in [4.78, 5) is 0. The van der Waals surface area contributed by atoms with Gasteiger partial charge >= 0.3 is 0 Å². The summed E-state index contributed by atoms with van der Waals surface area (Å²) in [5, 5.41) is 0.848. The van der Waals surface area contributed by atoms with Gasteiger partial charge in [-0.25, -0.2) is 0 Å². The van der Waals surface area contributed by atoms with Crippen LogP contribution in [0.3, 0.4) is 0 Å². The summed E-state index contributed by atoms with van der Waals surface area (Å²) in [6, 6.07) is 0. The molecule has 0 amide bonds. The Bertz CT molecular complexity index is 246. The molecule has 2 aliphatic rings. The standard InChI is InChI=1S/C12H19BrO2/c1-9-3-4-11(10(2)8-13)12(7-9)14-5-6-15-12/h9,11H,2-8H2,1H3/t9-,11+/m1/s1. The molecule has 1 aliphatic heterocycles. The molecule has 15 heavy (non-hydrogen) atoms. The van der Waals surface area contributed by atoms with Crippen LogP contribution < -0.4 is 0 Å². The van der Waals surface area contributed by atoms with Crippen molar-refractivity contribution in [3.05, 3.63) is 12.2 Å². The van der Waals surface area contributed by atoms with Gasteiger partial charge < -0.3 is 9.47 Å². The molecular formula is C12H19BrO2. The highest BCUT2D eigenvalue weighted by molar-refractivity contribution is 9.09. The summed E-state index contributed by atoms with van der Waals surface area (Å²) >= 11 is 3.49. The Hall–Kier alpha value is 0.140. The van der Waals surface area contributed by atoms with Crippen LogP contribution in [0.4, 0.5) is 0 Å². The zero-order valence-corrected chi connectivity index (χ0v) is 10.9. The Morgan fingerprint density at radius 1 is 1.40 bits per heavy atom. The van der Waals surface area contributed by atoms with Gasteiger partial charge in [0.2, 0.25) is 0 Å². The Morgan fingerprint density at radius 2 is 2.07 bits per heavy atom. The second-order valence-electron chi connectivity index (χ2n) is 4.74. The summed E-state index contributed by atoms with van der Waals surface area (Å²) in [5.74, 6) is 0.723. The van der Waals surface area contributed by atoms with E-state index in [2.05, 4.69) is 29.4 Å². The second kappa shape index (κ2) is 4.56. The topological polar surface area (TPSA) is 18.5 Å². The first-order chi connectivity index (χ1) is 7.18. The van der Waals surface area contributed by atoms with Gasteiger partial charge in [0.05, 0.1) is 13.2 Å². The number of hydrogen-bond donors (Lipinski definition) is 0. The molecule has 0 bridgehead atoms. The fourth-order valence-corrected chi connectivity index (χ4v) is 3.19. The number of rotatable bonds is 2. The van der Waals surface area contributed by atoms with Crippen molar-refractivity contribution < 1.29 is 9.47 Å². The molecule has 2 atom stereocenters. The van der Waals surface area contributed by atoms with E-state index in [0.717, 1.165) is 31.4 Å². The van der Waals surface area contributed by atoms with Crippen molar-refractivity contribution >= 4 is 15.9 Å². The molecule has 0 aromatic carbocycles. The smallest absolute Gasteiger partial charge is 0.175 e. The minimum atomic E-state index is -0.345. The molecule has 2 nitrogen and oxygen atoms in total. The van der Waals surface area contributed by atoms with Gasteiger partial charge in [0.25, 0.3) is 0 Å². The molecule has 3 heteroatoms. The lowest BCUT2D eigenvalue weighted by molar-refractivity contribution is -0.211. The molecule has 0 N–H and O–H groups in total. The van der Waals surface area contributed by atoms with Gasteiger partial charge in [-0.15, -0.1) is 0 Å². The van der Waals surface area contributed by atoms with Gasteiger partial charge in [0.1, 0.15) is 0 Å². The van der Waals surface area contributed by atoms with Crippen LogP contribution in [-0.4, -0.2) is 24.3 Å². The zero-order chi connectivity index (χ0) is 10.9. The minimum absolute atomic E-state index is 0.345. The number of hydrogen-bond acceptors (Lipinski definition) is 2. The van der Waals surface area contributed by atoms with Gasteiger partial charge in [-0.3, -0.25) is 0 Å². The van der Waals surface area contributed by atoms with Crippen LogP contribution in [0.1, 0.15) is 26.2 Å². The van der Waals surface area contributed by atoms with E-state index in [-0.39, 0.29) is 5.79 Å². The van der Waals surface area contributed by atoms with Crippen LogP contribution in [-0.2, 0) is 9.47 Å². The van der Waals surface area contributed by atoms with Gasteiger partial charge in [0.15, 0.2) is 5.79 Å². The number of alkyl halides is 1. The predicted molar refractivity (Wildman–Crippen MR) is 64.1 cm³/mol. The first-order valence-corrected chi connectivity index (χ1v) is 6.81. The molecule has 1 spiro atoms. The Labute approximate surface area is 100 Å². The van der Waals surface area contributed by atoms with E-state index in [9.17, 15) is 0 Å². The quantitative estimate of drug-likeness (QED) is 0.569. The molecule has 1 aliphatic carbocycles. The molecule has 1 saturated heterocycles. The maximum Gasteiger partial charge on any atom is 0.175 e. The molecule has 0 radical (unpaired) electrons. The van der Waals surface area contributed by atoms with Crippen LogP contribution in [0.25, 0.3) is 0 Å². The summed E-state index contributed by atoms with van der Waals surface area (Å²) < 4.78 is 11.8. The van der Waals surface area contributed by atoms with Crippen LogP contribution >= 0.6 is 15.9 Å². The minimum Gasteiger partial charge on any atom is -0.347 e. The molecule has 0 aromatic rings. The Balaban J connectivity index is 2.16. The normalized spacial score (nSPS) is 34.5. The second-order valence-corrected chi connectivity index (χ2v) is 5.30. The van der Waals surface area contributed by atoms with E-state index in [1.165, 1.54) is 12.0 Å². The maximum absolute atomic E-state index is 5.88. The van der Waals surface area contributed by atoms with Crippen molar-refractivity contribution in [2.24, 2.45) is 11.8 Å². The lowest BCUT2D eigenvalue weighted by Gasteiger charge is -2.42. The van der Waals surface area contributed by atoms with Crippen LogP contribution in [0.2, 0.25) is 0 Å². The molecule has 1 heterocycles. The third-order valence-corrected chi connectivity index (χ3v) is 4.27. The first kappa shape index (κ1) is 11.6. The SMILES string of the molecule is C=C(CBr)[C@@H]1CC[C@@H](C)CC12OCCO2. The predicted octanol–water partition coefficient (Wildman–Crippen LogP) is 3.12. The molecule has 86 valence electrons. The Morgan fingerprint density at radius 3 is 2.67 bits per heavy atom. The number of halogens is 1. The third-order valence-electron chi connectivity index (χ3n) is 3.55. The molecule has 2 fully saturated rings. The molecule has 2 rings (SSSR count). The van der Waals surface area contributed by atoms with Gasteiger partial charge in [0, 0.05) is 17.7 Å². The van der Waals surface area contributed by atoms with E-state index in [1.807, 2.05) is 0 Å². The van der Waals surface area contributed by atoms with Crippen LogP contribution in [0, 0.1) is 11.8 Å². The lowest BCUT2D eigenvalue weighted by atomic mass is 9.75. The molecule has 0 aromatic heterocycles. The van der Waals surface area contributed by atoms with Crippen molar-refractivity contribution in [3.63, 3.8) is 0 Å². The first-order valence-electron chi connectivity index (χ1n) is 5.69. The largest absolute Gasteiger partial charge is 0.347 e. The summed E-state index contributed by atoms with van der Waals surface area (Å²) in [5.41, 5.74) is 1.21. The fraction of sp³-hybridized carbons (Fsp3) is 0.833. The van der Waals surface area contributed by atoms with E-state index < -0.39 is 0 Å². The third kappa shape index (κ3) is 2.15. The monoisotopic (exact) mass is 274 g/mol. The van der Waals surface area contributed by atoms with Crippen molar-refractivity contribution in [2.45, 2.75) is 32.0 Å². The average molecular weight is 275 g/mol. The van der Waals surface area contributed by atoms with Crippen molar-refractivity contribution in [2.75, 3.05) is 18.5 Å². The fourth-order valence-electron chi connectivity index (χ4n) is 2.80. The van der Waals surface area contributed by atoms with Crippen LogP contribution in [0.5, 0.6) is 0 Å². The van der Waals surface area contributed by atoms with Gasteiger partial charge in [-0.05, 0) is 18.8 Å². The summed E-state index contributed by atoms with van der Waals surface area (Å²) in [7, 11) is 0. The Kier molecular flexibility index (Phi) is 3.53. The average Bonchev–Trinajstić information content (AvgIpc) is 2.66. The van der Waals surface area contributed by atoms with E-state index in [1.54, 1.807) is 0 Å². The van der Waals surface area contributed by atoms with Crippen molar-refractivity contribution in [1.82, 2.24) is 0 Å². The number of ether oxygens (including phenoxy) is 2. The zero-order valence-electron chi connectivity index (χ0n) is 9.30. The molecule has 0 unspecified atom stereocenters. The van der Waals surface area contributed by atoms with E-state index in [0.29, 0.717) is 11.8 Å². The van der Waals surface area contributed by atoms with Gasteiger partial charge in [-0.2, -0.15) is 0 Å². The van der Waals surface area contributed by atoms with Crippen LogP contribution in [0.15, 0.2) is 12.2 Å². The van der Waals surface area contributed by atoms with E-state index >= 15 is 0 Å². The summed E-state index contributed by atoms with van der Waals surface area (Å²) in [6.45, 7) is 7.88. The molecular weight excluding hydrogens is 256 g/mol. The van der Waals surface area contributed by atoms with Crippen molar-refractivity contribution in [3.8, 4) is 0 Å². The maximum atomic E-state index is 5.88. The highest BCUT2D eigenvalue weighted by Crippen LogP contribution is 2.45. The highest BCUT2D eigenvalue weighted by Gasteiger charge is 2.48. The lowest BCUT2D eigenvalue weighted by Crippen LogP contribution is -2.45. The highest BCUT2D eigenvalue weighted by atomic mass is 79.9. The summed E-state index contributed by atoms with van der Waals surface area (Å²) in [6.07, 6.45) is 3.42. The van der Waals surface area contributed by atoms with Crippen molar-refractivity contribution in [1.29, 1.82) is 0 Å². The van der Waals surface area contributed by atoms with E-state index in [4.69, 9.17) is 9.47 Å². The molecule has 1 saturated carbocycles.